The van der Waals surface area contributed by atoms with E-state index in [1.807, 2.05) is 0 Å². The van der Waals surface area contributed by atoms with Crippen molar-refractivity contribution in [3.63, 3.8) is 0 Å². The third-order valence-corrected chi connectivity index (χ3v) is 3.53. The van der Waals surface area contributed by atoms with Crippen molar-refractivity contribution in [2.75, 3.05) is 0 Å². The van der Waals surface area contributed by atoms with E-state index in [4.69, 9.17) is 0 Å². The topological polar surface area (TPSA) is 57.2 Å². The van der Waals surface area contributed by atoms with Crippen LogP contribution in [0.1, 0.15) is 5.56 Å². The van der Waals surface area contributed by atoms with E-state index >= 15 is 0 Å². The summed E-state index contributed by atoms with van der Waals surface area (Å²) in [6, 6.07) is 0.989. The molecule has 3 nitrogen and oxygen atoms in total. The maximum absolute atomic E-state index is 13.6. The Bertz CT molecular complexity index is 700. The second kappa shape index (κ2) is 6.67. The van der Waals surface area contributed by atoms with Crippen LogP contribution in [0.25, 0.3) is 0 Å². The molecule has 0 fully saturated rings. The van der Waals surface area contributed by atoms with Crippen LogP contribution < -0.4 is 29.6 Å². The molecular formula is C10H4F9NaO3S. The quantitative estimate of drug-likeness (QED) is 0.422. The Balaban J connectivity index is 0.00000529. The summed E-state index contributed by atoms with van der Waals surface area (Å²) in [6.07, 6.45) is -7.05. The summed E-state index contributed by atoms with van der Waals surface area (Å²) in [5.41, 5.74) is -2.47. The first kappa shape index (κ1) is 23.5. The Kier molecular flexibility index (Phi) is 6.53. The van der Waals surface area contributed by atoms with Crippen molar-refractivity contribution >= 4 is 10.1 Å². The van der Waals surface area contributed by atoms with Gasteiger partial charge >= 0.3 is 53.5 Å². The molecule has 0 bridgehead atoms. The van der Waals surface area contributed by atoms with E-state index in [1.165, 1.54) is 0 Å². The third kappa shape index (κ3) is 3.69. The van der Waals surface area contributed by atoms with Gasteiger partial charge in [-0.05, 0) is 6.07 Å². The van der Waals surface area contributed by atoms with E-state index in [0.29, 0.717) is 12.1 Å². The molecule has 0 saturated heterocycles. The smallest absolute Gasteiger partial charge is 0.744 e. The minimum absolute atomic E-state index is 0. The Hall–Kier alpha value is -0.500. The summed E-state index contributed by atoms with van der Waals surface area (Å²) in [5, 5.41) is 0. The number of alkyl halides is 9. The van der Waals surface area contributed by atoms with Gasteiger partial charge in [0.2, 0.25) is 0 Å². The summed E-state index contributed by atoms with van der Waals surface area (Å²) < 4.78 is 147. The van der Waals surface area contributed by atoms with Gasteiger partial charge in [0.05, 0.1) is 4.90 Å². The Morgan fingerprint density at radius 3 is 1.58 bits per heavy atom. The van der Waals surface area contributed by atoms with Gasteiger partial charge in [-0.3, -0.25) is 0 Å². The second-order valence-electron chi connectivity index (χ2n) is 4.17. The summed E-state index contributed by atoms with van der Waals surface area (Å²) in [6.45, 7) is 0. The maximum atomic E-state index is 13.6. The van der Waals surface area contributed by atoms with E-state index in [0.717, 1.165) is 0 Å². The van der Waals surface area contributed by atoms with Gasteiger partial charge < -0.3 is 4.55 Å². The maximum Gasteiger partial charge on any atom is 1.00 e. The summed E-state index contributed by atoms with van der Waals surface area (Å²) in [4.78, 5) is -2.04. The van der Waals surface area contributed by atoms with Crippen molar-refractivity contribution < 1.29 is 82.0 Å². The van der Waals surface area contributed by atoms with Crippen LogP contribution in [0.2, 0.25) is 0 Å². The van der Waals surface area contributed by atoms with Crippen LogP contribution in [0.4, 0.5) is 39.5 Å². The van der Waals surface area contributed by atoms with Crippen LogP contribution in [-0.4, -0.2) is 31.0 Å². The van der Waals surface area contributed by atoms with Gasteiger partial charge in [-0.15, -0.1) is 0 Å². The minimum atomic E-state index is -7.19. The Morgan fingerprint density at radius 2 is 1.21 bits per heavy atom. The van der Waals surface area contributed by atoms with E-state index in [9.17, 15) is 52.5 Å². The van der Waals surface area contributed by atoms with Crippen molar-refractivity contribution in [3.05, 3.63) is 29.8 Å². The van der Waals surface area contributed by atoms with Crippen molar-refractivity contribution in [1.82, 2.24) is 0 Å². The van der Waals surface area contributed by atoms with Gasteiger partial charge in [0.15, 0.2) is 0 Å². The minimum Gasteiger partial charge on any atom is -0.744 e. The van der Waals surface area contributed by atoms with Gasteiger partial charge in [0.1, 0.15) is 10.1 Å². The fourth-order valence-corrected chi connectivity index (χ4v) is 2.20. The molecule has 0 radical (unpaired) electrons. The number of hydrogen-bond acceptors (Lipinski definition) is 3. The van der Waals surface area contributed by atoms with E-state index in [-0.39, 0.29) is 41.7 Å². The first-order chi connectivity index (χ1) is 9.98. The monoisotopic (exact) mass is 398 g/mol. The second-order valence-corrected chi connectivity index (χ2v) is 5.52. The molecule has 0 aliphatic heterocycles. The molecule has 132 valence electrons. The summed E-state index contributed by atoms with van der Waals surface area (Å²) in [5.74, 6) is -20.6. The number of halogens is 9. The van der Waals surface area contributed by atoms with Gasteiger partial charge in [-0.25, -0.2) is 8.42 Å². The first-order valence-corrected chi connectivity index (χ1v) is 6.64. The number of benzene rings is 1. The molecule has 0 aliphatic rings. The predicted octanol–water partition coefficient (Wildman–Crippen LogP) is 0.519. The molecule has 0 atom stereocenters. The van der Waals surface area contributed by atoms with Gasteiger partial charge in [0, 0.05) is 5.56 Å². The average Bonchev–Trinajstić information content (AvgIpc) is 2.36. The van der Waals surface area contributed by atoms with Gasteiger partial charge in [-0.1, -0.05) is 18.2 Å². The first-order valence-electron chi connectivity index (χ1n) is 5.23. The molecule has 14 heteroatoms. The molecule has 0 aromatic heterocycles. The fourth-order valence-electron chi connectivity index (χ4n) is 1.49. The molecule has 24 heavy (non-hydrogen) atoms. The number of hydrogen-bond donors (Lipinski definition) is 0. The SMILES string of the molecule is O=S(=O)([O-])c1ccccc1C(F)(F)C(F)(F)C(F)(F)C(F)(F)F.[Na+]. The van der Waals surface area contributed by atoms with Crippen LogP contribution in [0.15, 0.2) is 29.2 Å². The van der Waals surface area contributed by atoms with Crippen LogP contribution in [0.3, 0.4) is 0 Å². The zero-order valence-electron chi connectivity index (χ0n) is 11.3. The normalized spacial score (nSPS) is 14.2. The largest absolute Gasteiger partial charge is 1.00 e. The van der Waals surface area contributed by atoms with Crippen LogP contribution >= 0.6 is 0 Å². The molecule has 1 aromatic carbocycles. The molecule has 0 saturated carbocycles. The van der Waals surface area contributed by atoms with Gasteiger partial charge in [0.25, 0.3) is 0 Å². The third-order valence-electron chi connectivity index (χ3n) is 2.64. The zero-order valence-corrected chi connectivity index (χ0v) is 14.2. The number of rotatable bonds is 4. The summed E-state index contributed by atoms with van der Waals surface area (Å²) in [7, 11) is -5.85. The summed E-state index contributed by atoms with van der Waals surface area (Å²) >= 11 is 0. The van der Waals surface area contributed by atoms with E-state index in [2.05, 4.69) is 0 Å². The van der Waals surface area contributed by atoms with Crippen LogP contribution in [-0.2, 0) is 16.0 Å². The molecule has 0 spiro atoms. The van der Waals surface area contributed by atoms with E-state index in [1.54, 1.807) is 0 Å². The van der Waals surface area contributed by atoms with Crippen molar-refractivity contribution in [1.29, 1.82) is 0 Å². The van der Waals surface area contributed by atoms with E-state index < -0.39 is 44.5 Å². The molecule has 0 N–H and O–H groups in total. The van der Waals surface area contributed by atoms with Crippen LogP contribution in [0, 0.1) is 0 Å². The Morgan fingerprint density at radius 1 is 0.792 bits per heavy atom. The Labute approximate surface area is 150 Å². The predicted molar refractivity (Wildman–Crippen MR) is 54.2 cm³/mol. The van der Waals surface area contributed by atoms with Crippen molar-refractivity contribution in [2.24, 2.45) is 0 Å². The molecule has 0 amide bonds. The zero-order chi connectivity index (χ0) is 18.5. The van der Waals surface area contributed by atoms with Crippen LogP contribution in [0.5, 0.6) is 0 Å². The molecule has 0 aliphatic carbocycles. The fraction of sp³-hybridized carbons (Fsp3) is 0.400. The standard InChI is InChI=1S/C10H5F9O3S.Na/c11-7(12,8(13,14)9(15,16)10(17,18)19)5-3-1-2-4-6(5)23(20,21)22;/h1-4H,(H,20,21,22);/q;+1/p-1. The average molecular weight is 398 g/mol. The van der Waals surface area contributed by atoms with Crippen molar-refractivity contribution in [2.45, 2.75) is 28.8 Å². The molecular weight excluding hydrogens is 394 g/mol. The van der Waals surface area contributed by atoms with Crippen molar-refractivity contribution in [3.8, 4) is 0 Å². The molecule has 1 rings (SSSR count). The molecule has 0 heterocycles. The molecule has 0 unspecified atom stereocenters. The van der Waals surface area contributed by atoms with Gasteiger partial charge in [-0.2, -0.15) is 39.5 Å². The molecule has 1 aromatic rings.